The van der Waals surface area contributed by atoms with E-state index in [1.807, 2.05) is 18.7 Å². The van der Waals surface area contributed by atoms with Crippen molar-refractivity contribution >= 4 is 12.0 Å². The van der Waals surface area contributed by atoms with E-state index < -0.39 is 5.97 Å². The lowest BCUT2D eigenvalue weighted by molar-refractivity contribution is -0.137. The van der Waals surface area contributed by atoms with Gasteiger partial charge in [-0.2, -0.15) is 0 Å². The number of piperidine rings is 1. The molecule has 1 rings (SSSR count). The molecule has 0 bridgehead atoms. The summed E-state index contributed by atoms with van der Waals surface area (Å²) in [6.45, 7) is 9.62. The highest BCUT2D eigenvalue weighted by Gasteiger charge is 2.30. The molecule has 1 aliphatic heterocycles. The molecular weight excluding hydrogens is 256 g/mol. The average molecular weight is 284 g/mol. The van der Waals surface area contributed by atoms with E-state index in [4.69, 9.17) is 5.11 Å². The van der Waals surface area contributed by atoms with Gasteiger partial charge in [0, 0.05) is 31.6 Å². The number of amides is 2. The van der Waals surface area contributed by atoms with Gasteiger partial charge in [0.05, 0.1) is 0 Å². The van der Waals surface area contributed by atoms with Crippen LogP contribution in [-0.2, 0) is 4.79 Å². The molecular formula is C15H28N2O3. The monoisotopic (exact) mass is 284 g/mol. The van der Waals surface area contributed by atoms with E-state index in [1.165, 1.54) is 0 Å². The number of carbonyl (C=O) groups is 2. The minimum absolute atomic E-state index is 0.0600. The van der Waals surface area contributed by atoms with Crippen LogP contribution in [0.1, 0.15) is 53.4 Å². The number of carbonyl (C=O) groups excluding carboxylic acids is 1. The quantitative estimate of drug-likeness (QED) is 0.844. The Kier molecular flexibility index (Phi) is 6.30. The molecule has 1 fully saturated rings. The Morgan fingerprint density at radius 2 is 2.00 bits per heavy atom. The van der Waals surface area contributed by atoms with E-state index in [0.29, 0.717) is 18.9 Å². The molecule has 0 aromatic carbocycles. The molecule has 2 atom stereocenters. The van der Waals surface area contributed by atoms with E-state index in [-0.39, 0.29) is 24.5 Å². The van der Waals surface area contributed by atoms with Gasteiger partial charge >= 0.3 is 12.0 Å². The van der Waals surface area contributed by atoms with Gasteiger partial charge < -0.3 is 14.9 Å². The minimum Gasteiger partial charge on any atom is -0.481 e. The summed E-state index contributed by atoms with van der Waals surface area (Å²) in [6, 6.07) is 0.430. The van der Waals surface area contributed by atoms with E-state index in [9.17, 15) is 9.59 Å². The fraction of sp³-hybridized carbons (Fsp3) is 0.867. The Hall–Kier alpha value is -1.26. The number of carboxylic acid groups (broad SMARTS) is 1. The maximum absolute atomic E-state index is 12.6. The fourth-order valence-electron chi connectivity index (χ4n) is 2.83. The first-order chi connectivity index (χ1) is 9.32. The number of likely N-dealkylation sites (tertiary alicyclic amines) is 1. The van der Waals surface area contributed by atoms with Crippen molar-refractivity contribution < 1.29 is 14.7 Å². The van der Waals surface area contributed by atoms with Crippen LogP contribution >= 0.6 is 0 Å². The highest BCUT2D eigenvalue weighted by molar-refractivity contribution is 5.75. The normalized spacial score (nSPS) is 22.9. The third-order valence-corrected chi connectivity index (χ3v) is 4.04. The molecule has 0 aliphatic carbocycles. The molecule has 1 N–H and O–H groups in total. The fourth-order valence-corrected chi connectivity index (χ4v) is 2.83. The van der Waals surface area contributed by atoms with Crippen LogP contribution in [0.2, 0.25) is 0 Å². The lowest BCUT2D eigenvalue weighted by atomic mass is 9.93. The van der Waals surface area contributed by atoms with Gasteiger partial charge in [0.1, 0.15) is 0 Å². The lowest BCUT2D eigenvalue weighted by Gasteiger charge is -2.40. The maximum atomic E-state index is 12.6. The molecule has 0 spiro atoms. The number of hydrogen-bond donors (Lipinski definition) is 1. The van der Waals surface area contributed by atoms with Crippen molar-refractivity contribution in [2.45, 2.75) is 65.5 Å². The smallest absolute Gasteiger partial charge is 0.320 e. The van der Waals surface area contributed by atoms with Crippen LogP contribution in [0.4, 0.5) is 4.79 Å². The van der Waals surface area contributed by atoms with Crippen LogP contribution in [-0.4, -0.2) is 52.1 Å². The molecule has 116 valence electrons. The SMILES string of the molecule is CC1CCN(C(=O)N(CCCC(=O)O)C(C)C)C(C)C1. The summed E-state index contributed by atoms with van der Waals surface area (Å²) in [5, 5.41) is 8.71. The first-order valence-electron chi connectivity index (χ1n) is 7.62. The lowest BCUT2D eigenvalue weighted by Crippen LogP contribution is -2.52. The standard InChI is InChI=1S/C15H28N2O3/c1-11(2)16(8-5-6-14(18)19)15(20)17-9-7-12(3)10-13(17)4/h11-13H,5-10H2,1-4H3,(H,18,19). The second-order valence-corrected chi connectivity index (χ2v) is 6.24. The van der Waals surface area contributed by atoms with Crippen molar-refractivity contribution in [1.29, 1.82) is 0 Å². The van der Waals surface area contributed by atoms with Crippen molar-refractivity contribution in [2.75, 3.05) is 13.1 Å². The van der Waals surface area contributed by atoms with Gasteiger partial charge in [0.15, 0.2) is 0 Å². The van der Waals surface area contributed by atoms with Gasteiger partial charge in [0.25, 0.3) is 0 Å². The summed E-state index contributed by atoms with van der Waals surface area (Å²) in [6.07, 6.45) is 2.73. The number of hydrogen-bond acceptors (Lipinski definition) is 2. The average Bonchev–Trinajstić information content (AvgIpc) is 2.33. The number of nitrogens with zero attached hydrogens (tertiary/aromatic N) is 2. The molecule has 0 saturated carbocycles. The van der Waals surface area contributed by atoms with Crippen LogP contribution in [0.15, 0.2) is 0 Å². The Bertz CT molecular complexity index is 344. The Balaban J connectivity index is 2.61. The molecule has 5 heteroatoms. The molecule has 5 nitrogen and oxygen atoms in total. The van der Waals surface area contributed by atoms with Crippen LogP contribution in [0.3, 0.4) is 0 Å². The van der Waals surface area contributed by atoms with Crippen molar-refractivity contribution in [1.82, 2.24) is 9.80 Å². The molecule has 2 unspecified atom stereocenters. The number of aliphatic carboxylic acids is 1. The number of carboxylic acids is 1. The van der Waals surface area contributed by atoms with Crippen LogP contribution < -0.4 is 0 Å². The second kappa shape index (κ2) is 7.50. The van der Waals surface area contributed by atoms with Gasteiger partial charge in [0.2, 0.25) is 0 Å². The second-order valence-electron chi connectivity index (χ2n) is 6.24. The van der Waals surface area contributed by atoms with Crippen molar-refractivity contribution in [3.63, 3.8) is 0 Å². The topological polar surface area (TPSA) is 60.9 Å². The summed E-state index contributed by atoms with van der Waals surface area (Å²) in [5.41, 5.74) is 0. The molecule has 0 radical (unpaired) electrons. The van der Waals surface area contributed by atoms with Gasteiger partial charge in [-0.15, -0.1) is 0 Å². The van der Waals surface area contributed by atoms with Gasteiger partial charge in [-0.05, 0) is 46.0 Å². The Morgan fingerprint density at radius 1 is 1.35 bits per heavy atom. The first kappa shape index (κ1) is 16.8. The van der Waals surface area contributed by atoms with Crippen molar-refractivity contribution in [3.8, 4) is 0 Å². The van der Waals surface area contributed by atoms with Gasteiger partial charge in [-0.1, -0.05) is 6.92 Å². The Labute approximate surface area is 121 Å². The molecule has 1 saturated heterocycles. The zero-order valence-electron chi connectivity index (χ0n) is 13.1. The third kappa shape index (κ3) is 4.69. The molecule has 0 aromatic heterocycles. The number of urea groups is 1. The third-order valence-electron chi connectivity index (χ3n) is 4.04. The molecule has 1 heterocycles. The zero-order valence-corrected chi connectivity index (χ0v) is 13.1. The number of rotatable bonds is 5. The zero-order chi connectivity index (χ0) is 15.3. The highest BCUT2D eigenvalue weighted by atomic mass is 16.4. The largest absolute Gasteiger partial charge is 0.481 e. The molecule has 1 aliphatic rings. The highest BCUT2D eigenvalue weighted by Crippen LogP contribution is 2.23. The van der Waals surface area contributed by atoms with Crippen molar-refractivity contribution in [2.24, 2.45) is 5.92 Å². The molecule has 20 heavy (non-hydrogen) atoms. The summed E-state index contributed by atoms with van der Waals surface area (Å²) < 4.78 is 0. The first-order valence-corrected chi connectivity index (χ1v) is 7.62. The Morgan fingerprint density at radius 3 is 2.50 bits per heavy atom. The predicted molar refractivity (Wildman–Crippen MR) is 78.7 cm³/mol. The molecule has 0 aromatic rings. The summed E-state index contributed by atoms with van der Waals surface area (Å²) >= 11 is 0. The van der Waals surface area contributed by atoms with Gasteiger partial charge in [-0.25, -0.2) is 4.79 Å². The summed E-state index contributed by atoms with van der Waals surface area (Å²) in [5.74, 6) is -0.130. The van der Waals surface area contributed by atoms with Gasteiger partial charge in [-0.3, -0.25) is 4.79 Å². The molecule has 2 amide bonds. The predicted octanol–water partition coefficient (Wildman–Crippen LogP) is 2.80. The van der Waals surface area contributed by atoms with E-state index in [2.05, 4.69) is 13.8 Å². The van der Waals surface area contributed by atoms with E-state index in [0.717, 1.165) is 19.4 Å². The summed E-state index contributed by atoms with van der Waals surface area (Å²) in [4.78, 5) is 27.0. The van der Waals surface area contributed by atoms with Crippen LogP contribution in [0.5, 0.6) is 0 Å². The van der Waals surface area contributed by atoms with Crippen LogP contribution in [0, 0.1) is 5.92 Å². The minimum atomic E-state index is -0.804. The van der Waals surface area contributed by atoms with Crippen molar-refractivity contribution in [3.05, 3.63) is 0 Å². The maximum Gasteiger partial charge on any atom is 0.320 e. The van der Waals surface area contributed by atoms with Crippen LogP contribution in [0.25, 0.3) is 0 Å². The summed E-state index contributed by atoms with van der Waals surface area (Å²) in [7, 11) is 0. The van der Waals surface area contributed by atoms with E-state index >= 15 is 0 Å². The van der Waals surface area contributed by atoms with E-state index in [1.54, 1.807) is 4.90 Å².